The molecular weight excluding hydrogens is 224 g/mol. The summed E-state index contributed by atoms with van der Waals surface area (Å²) in [5.41, 5.74) is -0.187. The summed E-state index contributed by atoms with van der Waals surface area (Å²) in [6, 6.07) is 3.61. The Morgan fingerprint density at radius 1 is 1.35 bits per heavy atom. The van der Waals surface area contributed by atoms with Crippen molar-refractivity contribution in [1.29, 1.82) is 0 Å². The van der Waals surface area contributed by atoms with Crippen molar-refractivity contribution in [1.82, 2.24) is 4.90 Å². The van der Waals surface area contributed by atoms with Gasteiger partial charge >= 0.3 is 0 Å². The maximum absolute atomic E-state index is 13.4. The topological polar surface area (TPSA) is 23.5 Å². The lowest BCUT2D eigenvalue weighted by Gasteiger charge is -2.49. The molecule has 0 aromatic heterocycles. The number of halogens is 2. The molecule has 1 heterocycles. The lowest BCUT2D eigenvalue weighted by Crippen LogP contribution is -2.63. The van der Waals surface area contributed by atoms with Gasteiger partial charge in [-0.3, -0.25) is 4.90 Å². The number of aliphatic hydroxyl groups is 1. The first-order valence-corrected chi connectivity index (χ1v) is 5.79. The van der Waals surface area contributed by atoms with E-state index in [-0.39, 0.29) is 5.92 Å². The van der Waals surface area contributed by atoms with Crippen LogP contribution in [0.25, 0.3) is 0 Å². The monoisotopic (exact) mass is 241 g/mol. The zero-order valence-corrected chi connectivity index (χ0v) is 10.1. The van der Waals surface area contributed by atoms with E-state index in [9.17, 15) is 13.9 Å². The zero-order valence-electron chi connectivity index (χ0n) is 10.1. The quantitative estimate of drug-likeness (QED) is 0.876. The third kappa shape index (κ3) is 2.48. The first kappa shape index (κ1) is 12.5. The van der Waals surface area contributed by atoms with Crippen molar-refractivity contribution in [2.24, 2.45) is 5.92 Å². The molecule has 94 valence electrons. The van der Waals surface area contributed by atoms with Gasteiger partial charge in [0.2, 0.25) is 0 Å². The molecule has 4 heteroatoms. The van der Waals surface area contributed by atoms with Gasteiger partial charge in [0.15, 0.2) is 0 Å². The van der Waals surface area contributed by atoms with E-state index in [0.717, 1.165) is 6.07 Å². The summed E-state index contributed by atoms with van der Waals surface area (Å²) >= 11 is 0. The molecule has 1 N–H and O–H groups in total. The van der Waals surface area contributed by atoms with E-state index in [1.807, 2.05) is 18.7 Å². The molecule has 1 aromatic rings. The first-order chi connectivity index (χ1) is 7.90. The highest BCUT2D eigenvalue weighted by Crippen LogP contribution is 2.30. The molecule has 0 unspecified atom stereocenters. The molecule has 0 atom stereocenters. The van der Waals surface area contributed by atoms with Crippen LogP contribution in [0.4, 0.5) is 8.78 Å². The summed E-state index contributed by atoms with van der Waals surface area (Å²) in [7, 11) is 0. The number of benzene rings is 1. The van der Waals surface area contributed by atoms with Crippen molar-refractivity contribution in [3.05, 3.63) is 35.4 Å². The van der Waals surface area contributed by atoms with Gasteiger partial charge in [-0.15, -0.1) is 0 Å². The van der Waals surface area contributed by atoms with Crippen LogP contribution in [0.5, 0.6) is 0 Å². The molecule has 0 bridgehead atoms. The number of likely N-dealkylation sites (tertiary alicyclic amines) is 1. The van der Waals surface area contributed by atoms with Crippen LogP contribution in [0, 0.1) is 17.6 Å². The largest absolute Gasteiger partial charge is 0.387 e. The highest BCUT2D eigenvalue weighted by atomic mass is 19.1. The molecule has 0 amide bonds. The first-order valence-electron chi connectivity index (χ1n) is 5.79. The standard InChI is InChI=1S/C13H17F2NO/c1-9(2)13(17)7-16(8-13)6-10-3-4-11(14)5-12(10)15/h3-5,9,17H,6-8H2,1-2H3. The smallest absolute Gasteiger partial charge is 0.130 e. The van der Waals surface area contributed by atoms with Crippen molar-refractivity contribution < 1.29 is 13.9 Å². The van der Waals surface area contributed by atoms with E-state index in [0.29, 0.717) is 25.2 Å². The predicted molar refractivity (Wildman–Crippen MR) is 61.4 cm³/mol. The summed E-state index contributed by atoms with van der Waals surface area (Å²) in [5, 5.41) is 10.1. The maximum Gasteiger partial charge on any atom is 0.130 e. The molecule has 2 nitrogen and oxygen atoms in total. The minimum Gasteiger partial charge on any atom is -0.387 e. The molecule has 0 aliphatic carbocycles. The number of nitrogens with zero attached hydrogens (tertiary/aromatic N) is 1. The normalized spacial score (nSPS) is 19.4. The lowest BCUT2D eigenvalue weighted by atomic mass is 9.83. The number of β-amino-alcohol motifs (C(OH)–C–C–N with tert-alkyl or cyclic N) is 1. The van der Waals surface area contributed by atoms with Gasteiger partial charge in [0.05, 0.1) is 5.60 Å². The Morgan fingerprint density at radius 2 is 2.00 bits per heavy atom. The fourth-order valence-electron chi connectivity index (χ4n) is 2.10. The Balaban J connectivity index is 1.96. The Bertz CT molecular complexity index is 414. The van der Waals surface area contributed by atoms with Gasteiger partial charge in [-0.1, -0.05) is 19.9 Å². The highest BCUT2D eigenvalue weighted by molar-refractivity contribution is 5.19. The summed E-state index contributed by atoms with van der Waals surface area (Å²) in [4.78, 5) is 1.95. The van der Waals surface area contributed by atoms with Gasteiger partial charge < -0.3 is 5.11 Å². The molecule has 1 saturated heterocycles. The Morgan fingerprint density at radius 3 is 2.53 bits per heavy atom. The lowest BCUT2D eigenvalue weighted by molar-refractivity contribution is -0.131. The molecule has 1 aliphatic heterocycles. The van der Waals surface area contributed by atoms with Gasteiger partial charge in [0, 0.05) is 31.3 Å². The van der Waals surface area contributed by atoms with Crippen LogP contribution < -0.4 is 0 Å². The van der Waals surface area contributed by atoms with E-state index in [4.69, 9.17) is 0 Å². The third-order valence-electron chi connectivity index (χ3n) is 3.48. The molecule has 0 saturated carbocycles. The Labute approximate surface area is 99.9 Å². The fourth-order valence-corrected chi connectivity index (χ4v) is 2.10. The van der Waals surface area contributed by atoms with Crippen LogP contribution in [0.3, 0.4) is 0 Å². The van der Waals surface area contributed by atoms with E-state index < -0.39 is 17.2 Å². The molecule has 0 spiro atoms. The van der Waals surface area contributed by atoms with Gasteiger partial charge in [-0.25, -0.2) is 8.78 Å². The maximum atomic E-state index is 13.4. The van der Waals surface area contributed by atoms with Crippen LogP contribution in [-0.2, 0) is 6.54 Å². The molecule has 17 heavy (non-hydrogen) atoms. The second-order valence-corrected chi connectivity index (χ2v) is 5.14. The minimum absolute atomic E-state index is 0.191. The van der Waals surface area contributed by atoms with Crippen molar-refractivity contribution in [2.45, 2.75) is 26.0 Å². The summed E-state index contributed by atoms with van der Waals surface area (Å²) < 4.78 is 26.1. The van der Waals surface area contributed by atoms with Crippen LogP contribution >= 0.6 is 0 Å². The van der Waals surface area contributed by atoms with Crippen molar-refractivity contribution >= 4 is 0 Å². The average molecular weight is 241 g/mol. The highest BCUT2D eigenvalue weighted by Gasteiger charge is 2.43. The molecule has 1 aliphatic rings. The number of rotatable bonds is 3. The van der Waals surface area contributed by atoms with Gasteiger partial charge in [-0.2, -0.15) is 0 Å². The second-order valence-electron chi connectivity index (χ2n) is 5.14. The van der Waals surface area contributed by atoms with E-state index >= 15 is 0 Å². The average Bonchev–Trinajstić information content (AvgIpc) is 2.19. The van der Waals surface area contributed by atoms with Crippen LogP contribution in [0.1, 0.15) is 19.4 Å². The summed E-state index contributed by atoms with van der Waals surface area (Å²) in [5.74, 6) is -0.893. The zero-order chi connectivity index (χ0) is 12.6. The molecule has 1 aromatic carbocycles. The van der Waals surface area contributed by atoms with E-state index in [1.165, 1.54) is 12.1 Å². The Kier molecular flexibility index (Phi) is 3.19. The fraction of sp³-hybridized carbons (Fsp3) is 0.538. The van der Waals surface area contributed by atoms with Crippen molar-refractivity contribution in [2.75, 3.05) is 13.1 Å². The minimum atomic E-state index is -0.656. The van der Waals surface area contributed by atoms with Crippen LogP contribution in [0.2, 0.25) is 0 Å². The van der Waals surface area contributed by atoms with Gasteiger partial charge in [0.25, 0.3) is 0 Å². The van der Waals surface area contributed by atoms with Crippen molar-refractivity contribution in [3.8, 4) is 0 Å². The number of hydrogen-bond acceptors (Lipinski definition) is 2. The molecule has 1 fully saturated rings. The molecule has 2 rings (SSSR count). The van der Waals surface area contributed by atoms with E-state index in [1.54, 1.807) is 0 Å². The summed E-state index contributed by atoms with van der Waals surface area (Å²) in [6.07, 6.45) is 0. The SMILES string of the molecule is CC(C)C1(O)CN(Cc2ccc(F)cc2F)C1. The second kappa shape index (κ2) is 4.35. The molecule has 0 radical (unpaired) electrons. The Hall–Kier alpha value is -1.00. The van der Waals surface area contributed by atoms with Crippen molar-refractivity contribution in [3.63, 3.8) is 0 Å². The summed E-state index contributed by atoms with van der Waals surface area (Å²) in [6.45, 7) is 5.44. The van der Waals surface area contributed by atoms with Gasteiger partial charge in [-0.05, 0) is 12.0 Å². The third-order valence-corrected chi connectivity index (χ3v) is 3.48. The van der Waals surface area contributed by atoms with Crippen LogP contribution in [0.15, 0.2) is 18.2 Å². The number of hydrogen-bond donors (Lipinski definition) is 1. The molecular formula is C13H17F2NO. The van der Waals surface area contributed by atoms with Crippen LogP contribution in [-0.4, -0.2) is 28.7 Å². The van der Waals surface area contributed by atoms with Gasteiger partial charge in [0.1, 0.15) is 11.6 Å². The van der Waals surface area contributed by atoms with E-state index in [2.05, 4.69) is 0 Å². The predicted octanol–water partition coefficient (Wildman–Crippen LogP) is 2.17.